The maximum Gasteiger partial charge on any atom is 0.324 e. The Labute approximate surface area is 72.8 Å². The minimum atomic E-state index is -0.886. The van der Waals surface area contributed by atoms with Crippen LogP contribution in [0.2, 0.25) is 0 Å². The Morgan fingerprint density at radius 1 is 1.64 bits per heavy atom. The number of aliphatic carboxylic acids is 1. The number of hydrogen-bond donors (Lipinski definition) is 2. The Balaban J connectivity index is 4.67. The number of likely N-dealkylation sites (N-methyl/N-ethyl adjacent to an activating group) is 1. The molecule has 0 spiro atoms. The van der Waals surface area contributed by atoms with Gasteiger partial charge in [-0.15, -0.1) is 0 Å². The summed E-state index contributed by atoms with van der Waals surface area (Å²) in [6, 6.07) is 0. The van der Waals surface area contributed by atoms with Crippen molar-refractivity contribution in [2.75, 3.05) is 14.1 Å². The van der Waals surface area contributed by atoms with Crippen LogP contribution < -0.4 is 0 Å². The lowest BCUT2D eigenvalue weighted by Gasteiger charge is -2.34. The summed E-state index contributed by atoms with van der Waals surface area (Å²) < 4.78 is 0. The number of carbonyl (C=O) groups is 1. The zero-order valence-electron chi connectivity index (χ0n) is 7.33. The summed E-state index contributed by atoms with van der Waals surface area (Å²) in [6.45, 7) is 3.43. The molecule has 0 radical (unpaired) electrons. The van der Waals surface area contributed by atoms with Crippen LogP contribution in [0.3, 0.4) is 0 Å². The number of hydrogen-bond acceptors (Lipinski definition) is 3. The zero-order chi connectivity index (χ0) is 9.23. The molecule has 66 valence electrons. The van der Waals surface area contributed by atoms with E-state index < -0.39 is 11.5 Å². The molecule has 0 aliphatic rings. The van der Waals surface area contributed by atoms with Crippen LogP contribution in [0, 0.1) is 0 Å². The SMILES string of the molecule is CC(S)[C@@](C)(C(=O)O)N(C)C. The predicted octanol–water partition coefficient (Wildman–Crippen LogP) is 0.710. The van der Waals surface area contributed by atoms with Crippen molar-refractivity contribution in [1.82, 2.24) is 4.90 Å². The third-order valence-electron chi connectivity index (χ3n) is 2.18. The van der Waals surface area contributed by atoms with Gasteiger partial charge in [0, 0.05) is 5.25 Å². The van der Waals surface area contributed by atoms with Gasteiger partial charge in [-0.3, -0.25) is 9.69 Å². The topological polar surface area (TPSA) is 40.5 Å². The molecule has 0 aliphatic heterocycles. The van der Waals surface area contributed by atoms with Gasteiger partial charge in [-0.2, -0.15) is 12.6 Å². The molecule has 0 heterocycles. The third-order valence-corrected chi connectivity index (χ3v) is 2.68. The Bertz CT molecular complexity index is 149. The van der Waals surface area contributed by atoms with Gasteiger partial charge < -0.3 is 5.11 Å². The Morgan fingerprint density at radius 2 is 2.00 bits per heavy atom. The molecule has 0 bridgehead atoms. The molecule has 11 heavy (non-hydrogen) atoms. The Morgan fingerprint density at radius 3 is 2.00 bits per heavy atom. The number of carboxylic acid groups (broad SMARTS) is 1. The standard InChI is InChI=1S/C7H15NO2S/c1-5(11)7(2,6(9)10)8(3)4/h5,11H,1-4H3,(H,9,10)/t5?,7-/m0/s1. The lowest BCUT2D eigenvalue weighted by molar-refractivity contribution is -0.148. The van der Waals surface area contributed by atoms with Crippen LogP contribution in [0.1, 0.15) is 13.8 Å². The van der Waals surface area contributed by atoms with Crippen molar-refractivity contribution >= 4 is 18.6 Å². The highest BCUT2D eigenvalue weighted by Crippen LogP contribution is 2.20. The van der Waals surface area contributed by atoms with Gasteiger partial charge in [-0.25, -0.2) is 0 Å². The van der Waals surface area contributed by atoms with Gasteiger partial charge in [0.2, 0.25) is 0 Å². The van der Waals surface area contributed by atoms with Crippen molar-refractivity contribution in [2.45, 2.75) is 24.6 Å². The summed E-state index contributed by atoms with van der Waals surface area (Å²) in [5.41, 5.74) is -0.886. The summed E-state index contributed by atoms with van der Waals surface area (Å²) >= 11 is 4.13. The molecule has 1 N–H and O–H groups in total. The monoisotopic (exact) mass is 177 g/mol. The average Bonchev–Trinajstić information content (AvgIpc) is 1.84. The van der Waals surface area contributed by atoms with Crippen molar-refractivity contribution in [3.63, 3.8) is 0 Å². The van der Waals surface area contributed by atoms with E-state index in [-0.39, 0.29) is 5.25 Å². The first kappa shape index (κ1) is 10.8. The van der Waals surface area contributed by atoms with Gasteiger partial charge in [0.25, 0.3) is 0 Å². The summed E-state index contributed by atoms with van der Waals surface area (Å²) in [6.07, 6.45) is 0. The van der Waals surface area contributed by atoms with Gasteiger partial charge in [0.05, 0.1) is 0 Å². The van der Waals surface area contributed by atoms with Crippen molar-refractivity contribution in [1.29, 1.82) is 0 Å². The first-order chi connectivity index (χ1) is 4.83. The van der Waals surface area contributed by atoms with E-state index in [4.69, 9.17) is 5.11 Å². The molecule has 0 rings (SSSR count). The smallest absolute Gasteiger partial charge is 0.324 e. The molecule has 0 saturated carbocycles. The van der Waals surface area contributed by atoms with E-state index >= 15 is 0 Å². The summed E-state index contributed by atoms with van der Waals surface area (Å²) in [7, 11) is 3.47. The van der Waals surface area contributed by atoms with Crippen LogP contribution in [-0.2, 0) is 4.79 Å². The van der Waals surface area contributed by atoms with Crippen molar-refractivity contribution in [3.8, 4) is 0 Å². The fourth-order valence-corrected chi connectivity index (χ4v) is 1.09. The molecule has 0 amide bonds. The molecule has 3 nitrogen and oxygen atoms in total. The first-order valence-electron chi connectivity index (χ1n) is 3.42. The molecule has 0 aromatic heterocycles. The lowest BCUT2D eigenvalue weighted by Crippen LogP contribution is -2.54. The second-order valence-corrected chi connectivity index (χ2v) is 3.80. The highest BCUT2D eigenvalue weighted by molar-refractivity contribution is 7.81. The summed E-state index contributed by atoms with van der Waals surface area (Å²) in [5.74, 6) is -0.843. The average molecular weight is 177 g/mol. The Kier molecular flexibility index (Phi) is 3.38. The van der Waals surface area contributed by atoms with E-state index in [1.54, 1.807) is 32.8 Å². The quantitative estimate of drug-likeness (QED) is 0.624. The number of thiol groups is 1. The first-order valence-corrected chi connectivity index (χ1v) is 3.94. The molecule has 0 aromatic rings. The molecule has 2 atom stereocenters. The summed E-state index contributed by atoms with van der Waals surface area (Å²) in [5, 5.41) is 8.68. The van der Waals surface area contributed by atoms with Crippen molar-refractivity contribution in [2.24, 2.45) is 0 Å². The third kappa shape index (κ3) is 1.87. The molecule has 1 unspecified atom stereocenters. The second kappa shape index (κ2) is 3.45. The van der Waals surface area contributed by atoms with Crippen LogP contribution in [0.15, 0.2) is 0 Å². The second-order valence-electron chi connectivity index (χ2n) is 3.02. The molecular weight excluding hydrogens is 162 g/mol. The zero-order valence-corrected chi connectivity index (χ0v) is 8.22. The fraction of sp³-hybridized carbons (Fsp3) is 0.857. The normalized spacial score (nSPS) is 19.5. The molecule has 0 aliphatic carbocycles. The predicted molar refractivity (Wildman–Crippen MR) is 48.2 cm³/mol. The highest BCUT2D eigenvalue weighted by Gasteiger charge is 2.39. The van der Waals surface area contributed by atoms with E-state index in [2.05, 4.69) is 12.6 Å². The molecule has 4 heteroatoms. The van der Waals surface area contributed by atoms with Crippen molar-refractivity contribution in [3.05, 3.63) is 0 Å². The van der Waals surface area contributed by atoms with E-state index in [1.165, 1.54) is 0 Å². The summed E-state index contributed by atoms with van der Waals surface area (Å²) in [4.78, 5) is 12.5. The van der Waals surface area contributed by atoms with Crippen LogP contribution in [0.25, 0.3) is 0 Å². The molecule has 0 saturated heterocycles. The van der Waals surface area contributed by atoms with E-state index in [1.807, 2.05) is 0 Å². The minimum Gasteiger partial charge on any atom is -0.480 e. The molecule has 0 aromatic carbocycles. The minimum absolute atomic E-state index is 0.199. The molecular formula is C7H15NO2S. The van der Waals surface area contributed by atoms with Gasteiger partial charge >= 0.3 is 5.97 Å². The van der Waals surface area contributed by atoms with Gasteiger partial charge in [0.1, 0.15) is 5.54 Å². The van der Waals surface area contributed by atoms with Crippen LogP contribution in [0.4, 0.5) is 0 Å². The van der Waals surface area contributed by atoms with Gasteiger partial charge in [-0.05, 0) is 21.0 Å². The Hall–Kier alpha value is -0.220. The van der Waals surface area contributed by atoms with Crippen LogP contribution in [0.5, 0.6) is 0 Å². The van der Waals surface area contributed by atoms with E-state index in [0.29, 0.717) is 0 Å². The molecule has 0 fully saturated rings. The van der Waals surface area contributed by atoms with E-state index in [9.17, 15) is 4.79 Å². The van der Waals surface area contributed by atoms with Crippen LogP contribution >= 0.6 is 12.6 Å². The maximum absolute atomic E-state index is 10.8. The van der Waals surface area contributed by atoms with Gasteiger partial charge in [-0.1, -0.05) is 6.92 Å². The van der Waals surface area contributed by atoms with Crippen molar-refractivity contribution < 1.29 is 9.90 Å². The fourth-order valence-electron chi connectivity index (χ4n) is 0.744. The van der Waals surface area contributed by atoms with Crippen LogP contribution in [-0.4, -0.2) is 40.9 Å². The van der Waals surface area contributed by atoms with Gasteiger partial charge in [0.15, 0.2) is 0 Å². The maximum atomic E-state index is 10.8. The lowest BCUT2D eigenvalue weighted by atomic mass is 9.97. The number of carboxylic acids is 1. The van der Waals surface area contributed by atoms with E-state index in [0.717, 1.165) is 0 Å². The number of nitrogens with zero attached hydrogens (tertiary/aromatic N) is 1. The largest absolute Gasteiger partial charge is 0.480 e. The number of rotatable bonds is 3. The highest BCUT2D eigenvalue weighted by atomic mass is 32.1.